The van der Waals surface area contributed by atoms with Gasteiger partial charge in [-0.1, -0.05) is 20.8 Å². The van der Waals surface area contributed by atoms with Crippen molar-refractivity contribution in [2.24, 2.45) is 0 Å². The molecular formula is C13H27NO4Si. The van der Waals surface area contributed by atoms with Gasteiger partial charge in [0.1, 0.15) is 6.04 Å². The molecule has 5 nitrogen and oxygen atoms in total. The van der Waals surface area contributed by atoms with Crippen LogP contribution in [-0.2, 0) is 18.8 Å². The molecular weight excluding hydrogens is 262 g/mol. The van der Waals surface area contributed by atoms with Gasteiger partial charge < -0.3 is 14.5 Å². The lowest BCUT2D eigenvalue weighted by atomic mass is 10.2. The van der Waals surface area contributed by atoms with Crippen LogP contribution in [0.5, 0.6) is 0 Å². The van der Waals surface area contributed by atoms with Crippen LogP contribution in [-0.4, -0.2) is 40.0 Å². The monoisotopic (exact) mass is 289 g/mol. The molecule has 0 aliphatic heterocycles. The molecule has 0 radical (unpaired) electrons. The zero-order valence-electron chi connectivity index (χ0n) is 13.1. The second kappa shape index (κ2) is 7.05. The number of methoxy groups -OCH3 is 1. The summed E-state index contributed by atoms with van der Waals surface area (Å²) in [6.45, 7) is 12.6. The predicted molar refractivity (Wildman–Crippen MR) is 77.4 cm³/mol. The van der Waals surface area contributed by atoms with Gasteiger partial charge in [0.25, 0.3) is 0 Å². The SMILES string of the molecule is COC(=O)[C@@H](CCO[Si](C)(C)C(C)(C)C)NC(C)=O. The van der Waals surface area contributed by atoms with Crippen LogP contribution in [0.3, 0.4) is 0 Å². The van der Waals surface area contributed by atoms with Gasteiger partial charge in [-0.3, -0.25) is 4.79 Å². The van der Waals surface area contributed by atoms with Crippen LogP contribution in [0.4, 0.5) is 0 Å². The zero-order chi connectivity index (χ0) is 15.3. The third kappa shape index (κ3) is 6.20. The minimum atomic E-state index is -1.82. The first-order valence-corrected chi connectivity index (χ1v) is 9.41. The summed E-state index contributed by atoms with van der Waals surface area (Å²) in [5.41, 5.74) is 0. The van der Waals surface area contributed by atoms with E-state index in [2.05, 4.69) is 43.9 Å². The van der Waals surface area contributed by atoms with Crippen molar-refractivity contribution < 1.29 is 18.8 Å². The fraction of sp³-hybridized carbons (Fsp3) is 0.846. The molecule has 0 bridgehead atoms. The van der Waals surface area contributed by atoms with Gasteiger partial charge in [0.05, 0.1) is 7.11 Å². The molecule has 0 fully saturated rings. The molecule has 0 spiro atoms. The van der Waals surface area contributed by atoms with E-state index in [-0.39, 0.29) is 10.9 Å². The van der Waals surface area contributed by atoms with Crippen LogP contribution in [0.25, 0.3) is 0 Å². The summed E-state index contributed by atoms with van der Waals surface area (Å²) in [5, 5.41) is 2.70. The van der Waals surface area contributed by atoms with Crippen LogP contribution in [0.15, 0.2) is 0 Å². The molecule has 1 amide bonds. The number of esters is 1. The predicted octanol–water partition coefficient (Wildman–Crippen LogP) is 2.08. The number of carbonyl (C=O) groups excluding carboxylic acids is 2. The van der Waals surface area contributed by atoms with Crippen molar-refractivity contribution in [1.82, 2.24) is 5.32 Å². The summed E-state index contributed by atoms with van der Waals surface area (Å²) in [7, 11) is -0.510. The number of rotatable bonds is 6. The Hall–Kier alpha value is -0.883. The van der Waals surface area contributed by atoms with Crippen molar-refractivity contribution in [2.75, 3.05) is 13.7 Å². The molecule has 0 saturated heterocycles. The molecule has 0 aromatic carbocycles. The average molecular weight is 289 g/mol. The second-order valence-electron chi connectivity index (χ2n) is 6.17. The van der Waals surface area contributed by atoms with Gasteiger partial charge >= 0.3 is 5.97 Å². The fourth-order valence-electron chi connectivity index (χ4n) is 1.29. The second-order valence-corrected chi connectivity index (χ2v) is 11.0. The van der Waals surface area contributed by atoms with E-state index in [9.17, 15) is 9.59 Å². The van der Waals surface area contributed by atoms with Crippen molar-refractivity contribution in [1.29, 1.82) is 0 Å². The number of nitrogens with one attached hydrogen (secondary N) is 1. The first-order valence-electron chi connectivity index (χ1n) is 6.50. The van der Waals surface area contributed by atoms with Crippen LogP contribution in [0.2, 0.25) is 18.1 Å². The molecule has 112 valence electrons. The van der Waals surface area contributed by atoms with Crippen LogP contribution in [0, 0.1) is 0 Å². The van der Waals surface area contributed by atoms with Crippen molar-refractivity contribution in [3.8, 4) is 0 Å². The minimum Gasteiger partial charge on any atom is -0.467 e. The van der Waals surface area contributed by atoms with Gasteiger partial charge in [0.15, 0.2) is 8.32 Å². The van der Waals surface area contributed by atoms with Gasteiger partial charge in [-0.05, 0) is 18.1 Å². The van der Waals surface area contributed by atoms with Gasteiger partial charge in [-0.2, -0.15) is 0 Å². The molecule has 0 aromatic heterocycles. The molecule has 0 unspecified atom stereocenters. The lowest BCUT2D eigenvalue weighted by Gasteiger charge is -2.36. The molecule has 0 aromatic rings. The third-order valence-corrected chi connectivity index (χ3v) is 8.08. The van der Waals surface area contributed by atoms with Gasteiger partial charge in [-0.25, -0.2) is 4.79 Å². The molecule has 0 heterocycles. The highest BCUT2D eigenvalue weighted by Crippen LogP contribution is 2.36. The molecule has 1 atom stereocenters. The number of amides is 1. The normalized spacial score (nSPS) is 13.8. The number of hydrogen-bond donors (Lipinski definition) is 1. The van der Waals surface area contributed by atoms with E-state index in [4.69, 9.17) is 4.43 Å². The Morgan fingerprint density at radius 1 is 1.26 bits per heavy atom. The molecule has 6 heteroatoms. The Labute approximate surface area is 117 Å². The Kier molecular flexibility index (Phi) is 6.72. The Balaban J connectivity index is 4.42. The maximum Gasteiger partial charge on any atom is 0.328 e. The van der Waals surface area contributed by atoms with Crippen molar-refractivity contribution in [2.45, 2.75) is 58.3 Å². The summed E-state index contributed by atoms with van der Waals surface area (Å²) in [5.74, 6) is -0.684. The number of hydrogen-bond acceptors (Lipinski definition) is 4. The summed E-state index contributed by atoms with van der Waals surface area (Å²) < 4.78 is 10.6. The average Bonchev–Trinajstić information content (AvgIpc) is 2.24. The lowest BCUT2D eigenvalue weighted by Crippen LogP contribution is -2.44. The molecule has 19 heavy (non-hydrogen) atoms. The van der Waals surface area contributed by atoms with Crippen LogP contribution < -0.4 is 5.32 Å². The van der Waals surface area contributed by atoms with Crippen molar-refractivity contribution in [3.63, 3.8) is 0 Å². The Bertz CT molecular complexity index is 323. The maximum absolute atomic E-state index is 11.5. The highest BCUT2D eigenvalue weighted by molar-refractivity contribution is 6.74. The maximum atomic E-state index is 11.5. The van der Waals surface area contributed by atoms with Crippen LogP contribution in [0.1, 0.15) is 34.1 Å². The van der Waals surface area contributed by atoms with E-state index in [0.29, 0.717) is 13.0 Å². The summed E-state index contributed by atoms with van der Waals surface area (Å²) in [4.78, 5) is 22.6. The van der Waals surface area contributed by atoms with E-state index < -0.39 is 20.3 Å². The summed E-state index contributed by atoms with van der Waals surface area (Å²) >= 11 is 0. The number of ether oxygens (including phenoxy) is 1. The summed E-state index contributed by atoms with van der Waals surface area (Å²) in [6, 6.07) is -0.632. The topological polar surface area (TPSA) is 64.6 Å². The van der Waals surface area contributed by atoms with E-state index in [0.717, 1.165) is 0 Å². The van der Waals surface area contributed by atoms with E-state index in [1.807, 2.05) is 0 Å². The first kappa shape index (κ1) is 18.1. The van der Waals surface area contributed by atoms with Gasteiger partial charge in [0.2, 0.25) is 5.91 Å². The standard InChI is InChI=1S/C13H27NO4Si/c1-10(15)14-11(12(16)17-5)8-9-18-19(6,7)13(2,3)4/h11H,8-9H2,1-7H3,(H,14,15)/t11-/m1/s1. The molecule has 0 saturated carbocycles. The number of carbonyl (C=O) groups is 2. The van der Waals surface area contributed by atoms with Gasteiger partial charge in [0, 0.05) is 20.0 Å². The molecule has 1 N–H and O–H groups in total. The quantitative estimate of drug-likeness (QED) is 0.600. The fourth-order valence-corrected chi connectivity index (χ4v) is 2.35. The Morgan fingerprint density at radius 2 is 1.79 bits per heavy atom. The first-order chi connectivity index (χ1) is 8.51. The highest BCUT2D eigenvalue weighted by atomic mass is 28.4. The lowest BCUT2D eigenvalue weighted by molar-refractivity contribution is -0.145. The van der Waals surface area contributed by atoms with Gasteiger partial charge in [-0.15, -0.1) is 0 Å². The van der Waals surface area contributed by atoms with E-state index >= 15 is 0 Å². The minimum absolute atomic E-state index is 0.127. The largest absolute Gasteiger partial charge is 0.467 e. The molecule has 0 aliphatic rings. The third-order valence-electron chi connectivity index (χ3n) is 3.54. The van der Waals surface area contributed by atoms with Crippen molar-refractivity contribution >= 4 is 20.2 Å². The molecule has 0 rings (SSSR count). The van der Waals surface area contributed by atoms with E-state index in [1.54, 1.807) is 0 Å². The van der Waals surface area contributed by atoms with E-state index in [1.165, 1.54) is 14.0 Å². The smallest absolute Gasteiger partial charge is 0.328 e. The van der Waals surface area contributed by atoms with Crippen LogP contribution >= 0.6 is 0 Å². The zero-order valence-corrected chi connectivity index (χ0v) is 14.1. The highest BCUT2D eigenvalue weighted by Gasteiger charge is 2.37. The van der Waals surface area contributed by atoms with Crippen molar-refractivity contribution in [3.05, 3.63) is 0 Å². The molecule has 0 aliphatic carbocycles. The summed E-state index contributed by atoms with van der Waals surface area (Å²) in [6.07, 6.45) is 0.429. The Morgan fingerprint density at radius 3 is 2.16 bits per heavy atom.